The number of hydrogen-bond acceptors (Lipinski definition) is 8. The topological polar surface area (TPSA) is 137 Å². The summed E-state index contributed by atoms with van der Waals surface area (Å²) < 4.78 is 27.6. The minimum Gasteiger partial charge on any atom is -0.593 e. The van der Waals surface area contributed by atoms with E-state index in [0.717, 1.165) is 46.3 Å². The molecule has 3 aromatic rings. The van der Waals surface area contributed by atoms with Crippen LogP contribution < -0.4 is 21.3 Å². The number of nitrogen functional groups attached to an aromatic ring is 1. The van der Waals surface area contributed by atoms with E-state index in [1.165, 1.54) is 0 Å². The number of hydrazine groups is 1. The number of carboxylic acids is 1. The Bertz CT molecular complexity index is 1470. The lowest BCUT2D eigenvalue weighted by atomic mass is 9.84. The first-order valence-electron chi connectivity index (χ1n) is 13.9. The van der Waals surface area contributed by atoms with Crippen LogP contribution in [0.2, 0.25) is 0 Å². The lowest BCUT2D eigenvalue weighted by molar-refractivity contribution is -0.165. The van der Waals surface area contributed by atoms with E-state index in [0.29, 0.717) is 48.7 Å². The summed E-state index contributed by atoms with van der Waals surface area (Å²) in [5.74, 6) is 5.62. The molecule has 3 aromatic carbocycles. The Hall–Kier alpha value is -3.28. The molecule has 6 rings (SSSR count). The molecule has 0 bridgehead atoms. The first kappa shape index (κ1) is 27.9. The van der Waals surface area contributed by atoms with E-state index >= 15 is 0 Å². The number of aliphatic carboxylic acids is 1. The summed E-state index contributed by atoms with van der Waals surface area (Å²) in [7, 11) is 0. The molecule has 41 heavy (non-hydrogen) atoms. The van der Waals surface area contributed by atoms with Gasteiger partial charge in [-0.3, -0.25) is 4.79 Å². The number of anilines is 2. The standard InChI is InChI=1S/C31H36N4O5S/c1-19-7-8-21(25(14-29(36)37)24-11-12-26(30(32)20(24)2)35(33)23-9-10-23)13-22(19)15-34-16-31(17-39-18-31)40-27-5-3-4-6-28(27)41(34)38/h3-8,11-13,23,25H,9-10,14-18,32-33H2,1-2H3,(H,36,37). The van der Waals surface area contributed by atoms with Gasteiger partial charge in [0.2, 0.25) is 4.90 Å². The number of para-hydroxylation sites is 1. The maximum Gasteiger partial charge on any atom is 0.304 e. The van der Waals surface area contributed by atoms with Crippen LogP contribution in [0.5, 0.6) is 5.75 Å². The summed E-state index contributed by atoms with van der Waals surface area (Å²) in [5.41, 5.74) is 11.9. The fourth-order valence-electron chi connectivity index (χ4n) is 5.79. The van der Waals surface area contributed by atoms with Crippen molar-refractivity contribution in [2.24, 2.45) is 5.84 Å². The molecule has 2 heterocycles. The number of benzene rings is 3. The third kappa shape index (κ3) is 5.38. The van der Waals surface area contributed by atoms with Crippen molar-refractivity contribution < 1.29 is 23.9 Å². The van der Waals surface area contributed by atoms with Gasteiger partial charge >= 0.3 is 5.97 Å². The zero-order valence-electron chi connectivity index (χ0n) is 23.3. The van der Waals surface area contributed by atoms with Gasteiger partial charge in [0.15, 0.2) is 11.4 Å². The molecule has 2 aliphatic heterocycles. The molecular weight excluding hydrogens is 540 g/mol. The van der Waals surface area contributed by atoms with E-state index < -0.39 is 28.9 Å². The van der Waals surface area contributed by atoms with Gasteiger partial charge < -0.3 is 29.9 Å². The average Bonchev–Trinajstić information content (AvgIpc) is 3.78. The Labute approximate surface area is 243 Å². The summed E-state index contributed by atoms with van der Waals surface area (Å²) in [6.45, 7) is 5.68. The normalized spacial score (nSPS) is 20.4. The Morgan fingerprint density at radius 3 is 2.63 bits per heavy atom. The number of hydrogen-bond donors (Lipinski definition) is 3. The number of nitrogens with two attached hydrogens (primary N) is 2. The van der Waals surface area contributed by atoms with Gasteiger partial charge in [0.25, 0.3) is 0 Å². The maximum absolute atomic E-state index is 13.8. The molecule has 10 heteroatoms. The van der Waals surface area contributed by atoms with Crippen LogP contribution >= 0.6 is 0 Å². The number of fused-ring (bicyclic) bond motifs is 1. The highest BCUT2D eigenvalue weighted by atomic mass is 32.2. The summed E-state index contributed by atoms with van der Waals surface area (Å²) in [6.07, 6.45) is 1.99. The molecule has 2 fully saturated rings. The van der Waals surface area contributed by atoms with Gasteiger partial charge in [-0.1, -0.05) is 36.4 Å². The highest BCUT2D eigenvalue weighted by Crippen LogP contribution is 2.41. The van der Waals surface area contributed by atoms with Crippen LogP contribution in [0.15, 0.2) is 59.5 Å². The summed E-state index contributed by atoms with van der Waals surface area (Å²) in [6, 6.07) is 17.6. The SMILES string of the molecule is Cc1ccc(C(CC(=O)O)c2ccc(N(N)C3CC3)c(N)c2C)cc1CN1CC2(COC2)Oc2ccccc2[S+]1[O-]. The van der Waals surface area contributed by atoms with Crippen LogP contribution in [-0.4, -0.2) is 51.3 Å². The van der Waals surface area contributed by atoms with Crippen molar-refractivity contribution in [3.05, 3.63) is 82.4 Å². The van der Waals surface area contributed by atoms with Gasteiger partial charge in [0, 0.05) is 12.0 Å². The average molecular weight is 577 g/mol. The second-order valence-corrected chi connectivity index (χ2v) is 12.9. The number of nitrogens with zero attached hydrogens (tertiary/aromatic N) is 2. The number of carbonyl (C=O) groups is 1. The van der Waals surface area contributed by atoms with E-state index in [2.05, 4.69) is 0 Å². The quantitative estimate of drug-likeness (QED) is 0.157. The predicted molar refractivity (Wildman–Crippen MR) is 158 cm³/mol. The first-order chi connectivity index (χ1) is 19.7. The van der Waals surface area contributed by atoms with Gasteiger partial charge in [-0.2, -0.15) is 0 Å². The van der Waals surface area contributed by atoms with Crippen molar-refractivity contribution in [1.29, 1.82) is 0 Å². The monoisotopic (exact) mass is 576 g/mol. The molecule has 5 N–H and O–H groups in total. The van der Waals surface area contributed by atoms with Gasteiger partial charge in [0.05, 0.1) is 55.5 Å². The molecule has 0 radical (unpaired) electrons. The second kappa shape index (κ2) is 10.8. The predicted octanol–water partition coefficient (Wildman–Crippen LogP) is 4.02. The fraction of sp³-hybridized carbons (Fsp3) is 0.387. The summed E-state index contributed by atoms with van der Waals surface area (Å²) in [4.78, 5) is 12.7. The Kier molecular flexibility index (Phi) is 7.37. The van der Waals surface area contributed by atoms with Crippen molar-refractivity contribution in [2.45, 2.75) is 62.1 Å². The number of aryl methyl sites for hydroxylation is 1. The highest BCUT2D eigenvalue weighted by Gasteiger charge is 2.49. The minimum atomic E-state index is -1.44. The van der Waals surface area contributed by atoms with Crippen molar-refractivity contribution >= 4 is 28.7 Å². The Morgan fingerprint density at radius 2 is 1.95 bits per heavy atom. The molecule has 0 amide bonds. The molecule has 0 aromatic heterocycles. The van der Waals surface area contributed by atoms with Crippen molar-refractivity contribution in [3.8, 4) is 5.75 Å². The van der Waals surface area contributed by atoms with Crippen LogP contribution in [0.1, 0.15) is 53.0 Å². The molecule has 216 valence electrons. The van der Waals surface area contributed by atoms with Crippen molar-refractivity contribution in [2.75, 3.05) is 30.5 Å². The molecular formula is C31H36N4O5S. The molecule has 1 saturated carbocycles. The number of carboxylic acid groups (broad SMARTS) is 1. The zero-order chi connectivity index (χ0) is 28.9. The maximum atomic E-state index is 13.8. The second-order valence-electron chi connectivity index (χ2n) is 11.5. The molecule has 2 unspecified atom stereocenters. The van der Waals surface area contributed by atoms with Crippen LogP contribution in [0, 0.1) is 13.8 Å². The van der Waals surface area contributed by atoms with E-state index in [1.807, 2.05) is 72.7 Å². The molecule has 1 aliphatic carbocycles. The summed E-state index contributed by atoms with van der Waals surface area (Å²) >= 11 is -1.44. The lowest BCUT2D eigenvalue weighted by Crippen LogP contribution is -2.60. The molecule has 3 aliphatic rings. The van der Waals surface area contributed by atoms with Crippen molar-refractivity contribution in [1.82, 2.24) is 4.31 Å². The largest absolute Gasteiger partial charge is 0.593 e. The van der Waals surface area contributed by atoms with Crippen molar-refractivity contribution in [3.63, 3.8) is 0 Å². The van der Waals surface area contributed by atoms with Crippen LogP contribution in [0.4, 0.5) is 11.4 Å². The smallest absolute Gasteiger partial charge is 0.304 e. The molecule has 1 spiro atoms. The van der Waals surface area contributed by atoms with E-state index in [9.17, 15) is 14.5 Å². The zero-order valence-corrected chi connectivity index (χ0v) is 24.2. The lowest BCUT2D eigenvalue weighted by Gasteiger charge is -2.41. The van der Waals surface area contributed by atoms with Crippen LogP contribution in [-0.2, 0) is 27.4 Å². The van der Waals surface area contributed by atoms with Gasteiger partial charge in [0.1, 0.15) is 0 Å². The Morgan fingerprint density at radius 1 is 1.20 bits per heavy atom. The first-order valence-corrected chi connectivity index (χ1v) is 15.0. The number of ether oxygens (including phenoxy) is 2. The third-order valence-corrected chi connectivity index (χ3v) is 9.86. The van der Waals surface area contributed by atoms with Crippen LogP contribution in [0.3, 0.4) is 0 Å². The van der Waals surface area contributed by atoms with Crippen LogP contribution in [0.25, 0.3) is 0 Å². The summed E-state index contributed by atoms with van der Waals surface area (Å²) in [5, 5.41) is 11.6. The van der Waals surface area contributed by atoms with Gasteiger partial charge in [-0.05, 0) is 72.7 Å². The van der Waals surface area contributed by atoms with Gasteiger partial charge in [-0.25, -0.2) is 5.84 Å². The Balaban J connectivity index is 1.34. The fourth-order valence-corrected chi connectivity index (χ4v) is 7.16. The van der Waals surface area contributed by atoms with E-state index in [4.69, 9.17) is 21.1 Å². The molecule has 9 nitrogen and oxygen atoms in total. The minimum absolute atomic E-state index is 0.0889. The highest BCUT2D eigenvalue weighted by molar-refractivity contribution is 7.89. The third-order valence-electron chi connectivity index (χ3n) is 8.42. The van der Waals surface area contributed by atoms with E-state index in [1.54, 1.807) is 5.01 Å². The van der Waals surface area contributed by atoms with Gasteiger partial charge in [-0.15, -0.1) is 4.31 Å². The molecule has 1 saturated heterocycles. The number of rotatable bonds is 8. The van der Waals surface area contributed by atoms with E-state index in [-0.39, 0.29) is 6.42 Å². The molecule has 2 atom stereocenters.